The molecule has 142 valence electrons. The molecule has 5 nitrogen and oxygen atoms in total. The zero-order chi connectivity index (χ0) is 19.1. The van der Waals surface area contributed by atoms with Crippen LogP contribution in [0.15, 0.2) is 24.3 Å². The Morgan fingerprint density at radius 2 is 2.04 bits per heavy atom. The van der Waals surface area contributed by atoms with E-state index in [9.17, 15) is 9.18 Å². The van der Waals surface area contributed by atoms with Crippen molar-refractivity contribution in [1.82, 2.24) is 15.1 Å². The maximum absolute atomic E-state index is 13.4. The van der Waals surface area contributed by atoms with Crippen molar-refractivity contribution in [2.45, 2.75) is 47.1 Å². The Morgan fingerprint density at radius 3 is 2.73 bits per heavy atom. The van der Waals surface area contributed by atoms with E-state index in [2.05, 4.69) is 31.2 Å². The number of hydrogen-bond acceptors (Lipinski definition) is 3. The Hall–Kier alpha value is -2.37. The van der Waals surface area contributed by atoms with Crippen LogP contribution in [-0.2, 0) is 17.8 Å². The molecule has 0 aliphatic rings. The predicted molar refractivity (Wildman–Crippen MR) is 99.8 cm³/mol. The molecule has 1 heterocycles. The first-order valence-corrected chi connectivity index (χ1v) is 9.05. The predicted octanol–water partition coefficient (Wildman–Crippen LogP) is 3.42. The molecule has 0 atom stereocenters. The molecular weight excluding hydrogens is 333 g/mol. The summed E-state index contributed by atoms with van der Waals surface area (Å²) in [6.45, 7) is 9.82. The summed E-state index contributed by atoms with van der Waals surface area (Å²) in [5, 5.41) is 7.38. The van der Waals surface area contributed by atoms with Gasteiger partial charge in [0.15, 0.2) is 11.6 Å². The molecule has 1 aromatic heterocycles. The van der Waals surface area contributed by atoms with E-state index in [1.54, 1.807) is 18.2 Å². The van der Waals surface area contributed by atoms with Crippen molar-refractivity contribution in [1.29, 1.82) is 0 Å². The summed E-state index contributed by atoms with van der Waals surface area (Å²) in [6, 6.07) is 6.23. The highest BCUT2D eigenvalue weighted by molar-refractivity contribution is 5.76. The number of rotatable bonds is 9. The second-order valence-electron chi connectivity index (χ2n) is 6.85. The van der Waals surface area contributed by atoms with Crippen LogP contribution in [0.3, 0.4) is 0 Å². The number of amides is 1. The van der Waals surface area contributed by atoms with Crippen LogP contribution < -0.4 is 10.1 Å². The van der Waals surface area contributed by atoms with E-state index < -0.39 is 5.82 Å². The minimum Gasteiger partial charge on any atom is -0.489 e. The van der Waals surface area contributed by atoms with Gasteiger partial charge in [-0.05, 0) is 43.9 Å². The molecule has 0 aliphatic carbocycles. The van der Waals surface area contributed by atoms with Gasteiger partial charge in [0.1, 0.15) is 6.61 Å². The third-order valence-electron chi connectivity index (χ3n) is 4.19. The van der Waals surface area contributed by atoms with Crippen molar-refractivity contribution in [2.24, 2.45) is 5.92 Å². The average Bonchev–Trinajstić information content (AvgIpc) is 2.84. The van der Waals surface area contributed by atoms with Gasteiger partial charge in [-0.15, -0.1) is 0 Å². The smallest absolute Gasteiger partial charge is 0.220 e. The van der Waals surface area contributed by atoms with Gasteiger partial charge in [0, 0.05) is 18.7 Å². The van der Waals surface area contributed by atoms with E-state index in [1.165, 1.54) is 6.07 Å². The molecular formula is C20H28FN3O2. The molecule has 0 saturated carbocycles. The summed E-state index contributed by atoms with van der Waals surface area (Å²) in [7, 11) is 0. The van der Waals surface area contributed by atoms with Crippen LogP contribution in [0.1, 0.15) is 37.2 Å². The van der Waals surface area contributed by atoms with Crippen molar-refractivity contribution in [3.8, 4) is 5.75 Å². The second kappa shape index (κ2) is 9.36. The van der Waals surface area contributed by atoms with Gasteiger partial charge in [0.2, 0.25) is 5.91 Å². The number of benzene rings is 1. The SMILES string of the molecule is Cc1nn(CC(C)C)c(C)c1CCC(=O)NCCOc1ccccc1F. The molecule has 0 unspecified atom stereocenters. The largest absolute Gasteiger partial charge is 0.489 e. The van der Waals surface area contributed by atoms with Crippen LogP contribution in [0, 0.1) is 25.6 Å². The Morgan fingerprint density at radius 1 is 1.31 bits per heavy atom. The lowest BCUT2D eigenvalue weighted by atomic mass is 10.1. The fourth-order valence-electron chi connectivity index (χ4n) is 2.86. The fraction of sp³-hybridized carbons (Fsp3) is 0.500. The first-order valence-electron chi connectivity index (χ1n) is 9.05. The van der Waals surface area contributed by atoms with Gasteiger partial charge in [-0.3, -0.25) is 9.48 Å². The number of para-hydroxylation sites is 1. The van der Waals surface area contributed by atoms with Gasteiger partial charge >= 0.3 is 0 Å². The van der Waals surface area contributed by atoms with Crippen molar-refractivity contribution in [3.05, 3.63) is 47.0 Å². The van der Waals surface area contributed by atoms with Crippen LogP contribution in [0.4, 0.5) is 4.39 Å². The van der Waals surface area contributed by atoms with E-state index in [4.69, 9.17) is 4.74 Å². The molecule has 6 heteroatoms. The molecule has 2 aromatic rings. The minimum atomic E-state index is -0.400. The summed E-state index contributed by atoms with van der Waals surface area (Å²) in [4.78, 5) is 12.0. The summed E-state index contributed by atoms with van der Waals surface area (Å²) in [6.07, 6.45) is 1.06. The first-order chi connectivity index (χ1) is 12.4. The second-order valence-corrected chi connectivity index (χ2v) is 6.85. The highest BCUT2D eigenvalue weighted by atomic mass is 19.1. The van der Waals surface area contributed by atoms with Crippen LogP contribution in [-0.4, -0.2) is 28.8 Å². The molecule has 0 spiro atoms. The highest BCUT2D eigenvalue weighted by Crippen LogP contribution is 2.17. The summed E-state index contributed by atoms with van der Waals surface area (Å²) in [5.41, 5.74) is 3.26. The molecule has 0 fully saturated rings. The molecule has 26 heavy (non-hydrogen) atoms. The van der Waals surface area contributed by atoms with Gasteiger partial charge in [-0.1, -0.05) is 26.0 Å². The highest BCUT2D eigenvalue weighted by Gasteiger charge is 2.13. The van der Waals surface area contributed by atoms with E-state index in [-0.39, 0.29) is 18.3 Å². The van der Waals surface area contributed by atoms with Crippen LogP contribution in [0.5, 0.6) is 5.75 Å². The molecule has 0 saturated heterocycles. The Balaban J connectivity index is 1.75. The molecule has 0 radical (unpaired) electrons. The Bertz CT molecular complexity index is 741. The number of carbonyl (C=O) groups is 1. The summed E-state index contributed by atoms with van der Waals surface area (Å²) in [5.74, 6) is 0.282. The quantitative estimate of drug-likeness (QED) is 0.696. The summed E-state index contributed by atoms with van der Waals surface area (Å²) >= 11 is 0. The number of hydrogen-bond donors (Lipinski definition) is 1. The lowest BCUT2D eigenvalue weighted by molar-refractivity contribution is -0.121. The van der Waals surface area contributed by atoms with Gasteiger partial charge < -0.3 is 10.1 Å². The molecule has 0 aliphatic heterocycles. The number of aryl methyl sites for hydroxylation is 1. The normalized spacial score (nSPS) is 11.0. The standard InChI is InChI=1S/C20H28FN3O2/c1-14(2)13-24-16(4)17(15(3)23-24)9-10-20(25)22-11-12-26-19-8-6-5-7-18(19)21/h5-8,14H,9-13H2,1-4H3,(H,22,25). The number of aromatic nitrogens is 2. The zero-order valence-electron chi connectivity index (χ0n) is 16.0. The van der Waals surface area contributed by atoms with Crippen LogP contribution in [0.2, 0.25) is 0 Å². The van der Waals surface area contributed by atoms with E-state index in [0.29, 0.717) is 25.3 Å². The van der Waals surface area contributed by atoms with Crippen molar-refractivity contribution >= 4 is 5.91 Å². The van der Waals surface area contributed by atoms with Gasteiger partial charge in [-0.2, -0.15) is 5.10 Å². The number of ether oxygens (including phenoxy) is 1. The number of nitrogens with zero attached hydrogens (tertiary/aromatic N) is 2. The minimum absolute atomic E-state index is 0.0439. The monoisotopic (exact) mass is 361 g/mol. The van der Waals surface area contributed by atoms with E-state index >= 15 is 0 Å². The van der Waals surface area contributed by atoms with Gasteiger partial charge in [0.25, 0.3) is 0 Å². The van der Waals surface area contributed by atoms with E-state index in [0.717, 1.165) is 23.5 Å². The van der Waals surface area contributed by atoms with Crippen LogP contribution >= 0.6 is 0 Å². The number of carbonyl (C=O) groups excluding carboxylic acids is 1. The molecule has 1 aromatic carbocycles. The average molecular weight is 361 g/mol. The molecule has 1 N–H and O–H groups in total. The lowest BCUT2D eigenvalue weighted by Crippen LogP contribution is -2.28. The third-order valence-corrected chi connectivity index (χ3v) is 4.19. The zero-order valence-corrected chi connectivity index (χ0v) is 16.0. The number of halogens is 1. The first kappa shape index (κ1) is 19.9. The Kier molecular flexibility index (Phi) is 7.18. The number of nitrogens with one attached hydrogen (secondary N) is 1. The third kappa shape index (κ3) is 5.58. The summed E-state index contributed by atoms with van der Waals surface area (Å²) < 4.78 is 20.8. The van der Waals surface area contributed by atoms with E-state index in [1.807, 2.05) is 11.6 Å². The van der Waals surface area contributed by atoms with Crippen LogP contribution in [0.25, 0.3) is 0 Å². The van der Waals surface area contributed by atoms with Crippen molar-refractivity contribution < 1.29 is 13.9 Å². The molecule has 2 rings (SSSR count). The lowest BCUT2D eigenvalue weighted by Gasteiger charge is -2.09. The maximum Gasteiger partial charge on any atom is 0.220 e. The molecule has 1 amide bonds. The molecule has 0 bridgehead atoms. The van der Waals surface area contributed by atoms with Crippen molar-refractivity contribution in [3.63, 3.8) is 0 Å². The van der Waals surface area contributed by atoms with Gasteiger partial charge in [-0.25, -0.2) is 4.39 Å². The topological polar surface area (TPSA) is 56.2 Å². The van der Waals surface area contributed by atoms with Gasteiger partial charge in [0.05, 0.1) is 12.2 Å². The van der Waals surface area contributed by atoms with Crippen molar-refractivity contribution in [2.75, 3.05) is 13.2 Å². The maximum atomic E-state index is 13.4. The Labute approximate surface area is 154 Å². The fourth-order valence-corrected chi connectivity index (χ4v) is 2.86.